The highest BCUT2D eigenvalue weighted by Crippen LogP contribution is 2.37. The largest absolute Gasteiger partial charge is 0.338 e. The van der Waals surface area contributed by atoms with E-state index in [9.17, 15) is 4.79 Å². The normalized spacial score (nSPS) is 15.4. The van der Waals surface area contributed by atoms with Gasteiger partial charge in [0.15, 0.2) is 5.82 Å². The Labute approximate surface area is 174 Å². The van der Waals surface area contributed by atoms with Gasteiger partial charge < -0.3 is 4.90 Å². The lowest BCUT2D eigenvalue weighted by Gasteiger charge is -2.36. The second-order valence-electron chi connectivity index (χ2n) is 7.55. The highest BCUT2D eigenvalue weighted by Gasteiger charge is 2.37. The molecule has 5 nitrogen and oxygen atoms in total. The molecular weight excluding hydrogens is 379 g/mol. The number of nitrogens with zero attached hydrogens (tertiary/aromatic N) is 4. The lowest BCUT2D eigenvalue weighted by Crippen LogP contribution is -2.43. The zero-order chi connectivity index (χ0) is 21.1. The summed E-state index contributed by atoms with van der Waals surface area (Å²) >= 11 is 0. The van der Waals surface area contributed by atoms with Crippen LogP contribution in [0.15, 0.2) is 60.9 Å². The number of benzene rings is 2. The van der Waals surface area contributed by atoms with Crippen LogP contribution in [0.4, 0.5) is 4.39 Å². The van der Waals surface area contributed by atoms with E-state index in [0.717, 1.165) is 11.1 Å². The van der Waals surface area contributed by atoms with Crippen molar-refractivity contribution in [1.82, 2.24) is 14.9 Å². The number of hydrogen-bond acceptors (Lipinski definition) is 4. The van der Waals surface area contributed by atoms with Crippen molar-refractivity contribution in [3.63, 3.8) is 0 Å². The first-order chi connectivity index (χ1) is 14.5. The van der Waals surface area contributed by atoms with Gasteiger partial charge in [-0.2, -0.15) is 5.26 Å². The first-order valence-corrected chi connectivity index (χ1v) is 9.87. The number of halogens is 1. The highest BCUT2D eigenvalue weighted by molar-refractivity contribution is 5.95. The molecular formula is C24H21FN4O. The molecule has 6 heteroatoms. The fourth-order valence-corrected chi connectivity index (χ4v) is 3.81. The SMILES string of the molecule is Cc1ccc(C(=O)N2CCC(F)(c3ccc(C#N)cc3)CC2)cc1-c1ncccn1. The number of hydrogen-bond donors (Lipinski definition) is 0. The molecule has 30 heavy (non-hydrogen) atoms. The summed E-state index contributed by atoms with van der Waals surface area (Å²) < 4.78 is 15.5. The third-order valence-corrected chi connectivity index (χ3v) is 5.67. The van der Waals surface area contributed by atoms with Gasteiger partial charge >= 0.3 is 0 Å². The number of piperidine rings is 1. The molecule has 0 unspecified atom stereocenters. The molecule has 4 rings (SSSR count). The number of rotatable bonds is 3. The second-order valence-corrected chi connectivity index (χ2v) is 7.55. The fourth-order valence-electron chi connectivity index (χ4n) is 3.81. The van der Waals surface area contributed by atoms with Crippen LogP contribution in [0.5, 0.6) is 0 Å². The average Bonchev–Trinajstić information content (AvgIpc) is 2.80. The van der Waals surface area contributed by atoms with Crippen molar-refractivity contribution >= 4 is 5.91 Å². The van der Waals surface area contributed by atoms with Gasteiger partial charge in [0.2, 0.25) is 0 Å². The second kappa shape index (κ2) is 8.03. The molecule has 0 atom stereocenters. The van der Waals surface area contributed by atoms with Gasteiger partial charge in [0.25, 0.3) is 5.91 Å². The van der Waals surface area contributed by atoms with Gasteiger partial charge in [0.05, 0.1) is 11.6 Å². The van der Waals surface area contributed by atoms with E-state index in [1.807, 2.05) is 25.1 Å². The molecule has 1 aliphatic rings. The summed E-state index contributed by atoms with van der Waals surface area (Å²) in [5.41, 5.74) is 1.93. The maximum absolute atomic E-state index is 15.5. The third-order valence-electron chi connectivity index (χ3n) is 5.67. The summed E-state index contributed by atoms with van der Waals surface area (Å²) in [7, 11) is 0. The number of carbonyl (C=O) groups is 1. The molecule has 0 bridgehead atoms. The summed E-state index contributed by atoms with van der Waals surface area (Å²) in [6.07, 6.45) is 3.80. The molecule has 3 aromatic rings. The highest BCUT2D eigenvalue weighted by atomic mass is 19.1. The van der Waals surface area contributed by atoms with Crippen LogP contribution in [-0.4, -0.2) is 33.9 Å². The summed E-state index contributed by atoms with van der Waals surface area (Å²) in [4.78, 5) is 23.3. The van der Waals surface area contributed by atoms with E-state index in [2.05, 4.69) is 9.97 Å². The number of amides is 1. The van der Waals surface area contributed by atoms with E-state index in [4.69, 9.17) is 5.26 Å². The Kier molecular flexibility index (Phi) is 5.28. The van der Waals surface area contributed by atoms with Crippen LogP contribution >= 0.6 is 0 Å². The van der Waals surface area contributed by atoms with Crippen LogP contribution in [0.2, 0.25) is 0 Å². The Hall–Kier alpha value is -3.59. The summed E-state index contributed by atoms with van der Waals surface area (Å²) in [6, 6.07) is 15.9. The minimum absolute atomic E-state index is 0.117. The van der Waals surface area contributed by atoms with Gasteiger partial charge in [-0.15, -0.1) is 0 Å². The Bertz CT molecular complexity index is 1100. The summed E-state index contributed by atoms with van der Waals surface area (Å²) in [5, 5.41) is 8.92. The van der Waals surface area contributed by atoms with Crippen LogP contribution in [0, 0.1) is 18.3 Å². The Morgan fingerprint density at radius 1 is 1.10 bits per heavy atom. The molecule has 1 fully saturated rings. The van der Waals surface area contributed by atoms with E-state index in [-0.39, 0.29) is 18.7 Å². The molecule has 1 aromatic heterocycles. The fraction of sp³-hybridized carbons (Fsp3) is 0.250. The minimum Gasteiger partial charge on any atom is -0.338 e. The number of nitriles is 1. The number of alkyl halides is 1. The van der Waals surface area contributed by atoms with E-state index >= 15 is 4.39 Å². The Morgan fingerprint density at radius 2 is 1.77 bits per heavy atom. The van der Waals surface area contributed by atoms with Crippen LogP contribution in [0.25, 0.3) is 11.4 Å². The lowest BCUT2D eigenvalue weighted by atomic mass is 9.85. The zero-order valence-corrected chi connectivity index (χ0v) is 16.7. The van der Waals surface area contributed by atoms with Crippen molar-refractivity contribution in [3.8, 4) is 17.5 Å². The molecule has 2 heterocycles. The monoisotopic (exact) mass is 400 g/mol. The quantitative estimate of drug-likeness (QED) is 0.652. The van der Waals surface area contributed by atoms with Crippen molar-refractivity contribution in [3.05, 3.63) is 83.2 Å². The van der Waals surface area contributed by atoms with Gasteiger partial charge in [-0.05, 0) is 48.4 Å². The number of carbonyl (C=O) groups excluding carboxylic acids is 1. The van der Waals surface area contributed by atoms with Crippen LogP contribution in [0.3, 0.4) is 0 Å². The van der Waals surface area contributed by atoms with Crippen molar-refractivity contribution in [2.45, 2.75) is 25.4 Å². The van der Waals surface area contributed by atoms with Gasteiger partial charge in [0.1, 0.15) is 5.67 Å². The predicted octanol–water partition coefficient (Wildman–Crippen LogP) is 4.42. The van der Waals surface area contributed by atoms with Crippen molar-refractivity contribution in [1.29, 1.82) is 5.26 Å². The van der Waals surface area contributed by atoms with Crippen molar-refractivity contribution in [2.75, 3.05) is 13.1 Å². The maximum atomic E-state index is 15.5. The predicted molar refractivity (Wildman–Crippen MR) is 111 cm³/mol. The molecule has 0 spiro atoms. The van der Waals surface area contributed by atoms with Gasteiger partial charge in [-0.25, -0.2) is 14.4 Å². The standard InChI is InChI=1S/C24H21FN4O/c1-17-3-6-19(15-21(17)22-27-11-2-12-28-22)23(30)29-13-9-24(25,10-14-29)20-7-4-18(16-26)5-8-20/h2-8,11-12,15H,9-10,13-14H2,1H3. The molecule has 0 saturated carbocycles. The molecule has 1 amide bonds. The van der Waals surface area contributed by atoms with Gasteiger partial charge in [0, 0.05) is 49.5 Å². The molecule has 2 aromatic carbocycles. The van der Waals surface area contributed by atoms with Crippen LogP contribution in [0.1, 0.15) is 39.9 Å². The third kappa shape index (κ3) is 3.79. The van der Waals surface area contributed by atoms with E-state index in [1.54, 1.807) is 53.7 Å². The van der Waals surface area contributed by atoms with Crippen molar-refractivity contribution < 1.29 is 9.18 Å². The maximum Gasteiger partial charge on any atom is 0.253 e. The summed E-state index contributed by atoms with van der Waals surface area (Å²) in [6.45, 7) is 2.62. The number of likely N-dealkylation sites (tertiary alicyclic amines) is 1. The van der Waals surface area contributed by atoms with Crippen LogP contribution < -0.4 is 0 Å². The van der Waals surface area contributed by atoms with E-state index in [1.165, 1.54) is 0 Å². The minimum atomic E-state index is -1.49. The van der Waals surface area contributed by atoms with Gasteiger partial charge in [-0.3, -0.25) is 4.79 Å². The number of aromatic nitrogens is 2. The number of aryl methyl sites for hydroxylation is 1. The molecule has 1 aliphatic heterocycles. The Balaban J connectivity index is 1.50. The molecule has 0 N–H and O–H groups in total. The first-order valence-electron chi connectivity index (χ1n) is 9.87. The Morgan fingerprint density at radius 3 is 2.40 bits per heavy atom. The smallest absolute Gasteiger partial charge is 0.253 e. The van der Waals surface area contributed by atoms with E-state index < -0.39 is 5.67 Å². The van der Waals surface area contributed by atoms with Crippen LogP contribution in [-0.2, 0) is 5.67 Å². The molecule has 0 radical (unpaired) electrons. The van der Waals surface area contributed by atoms with E-state index in [0.29, 0.717) is 35.6 Å². The van der Waals surface area contributed by atoms with Crippen molar-refractivity contribution in [2.24, 2.45) is 0 Å². The molecule has 0 aliphatic carbocycles. The zero-order valence-electron chi connectivity index (χ0n) is 16.7. The summed E-state index contributed by atoms with van der Waals surface area (Å²) in [5.74, 6) is 0.459. The lowest BCUT2D eigenvalue weighted by molar-refractivity contribution is 0.0421. The van der Waals surface area contributed by atoms with Gasteiger partial charge in [-0.1, -0.05) is 18.2 Å². The topological polar surface area (TPSA) is 69.9 Å². The average molecular weight is 400 g/mol. The molecule has 150 valence electrons. The first kappa shape index (κ1) is 19.7. The molecule has 1 saturated heterocycles.